The van der Waals surface area contributed by atoms with Crippen molar-refractivity contribution in [3.63, 3.8) is 0 Å². The predicted octanol–water partition coefficient (Wildman–Crippen LogP) is 3.32. The summed E-state index contributed by atoms with van der Waals surface area (Å²) < 4.78 is 7.29. The highest BCUT2D eigenvalue weighted by atomic mass is 35.5. The normalized spacial score (nSPS) is 10.8. The summed E-state index contributed by atoms with van der Waals surface area (Å²) in [6, 6.07) is 7.25. The lowest BCUT2D eigenvalue weighted by atomic mass is 10.2. The first-order chi connectivity index (χ1) is 12.0. The molecule has 9 heteroatoms. The largest absolute Gasteiger partial charge is 0.414 e. The zero-order chi connectivity index (χ0) is 17.8. The number of nitrogens with zero attached hydrogens (tertiary/aromatic N) is 4. The molecule has 25 heavy (non-hydrogen) atoms. The predicted molar refractivity (Wildman–Crippen MR) is 95.9 cm³/mol. The molecule has 0 aliphatic carbocycles. The number of nitrogens with one attached hydrogen (secondary N) is 1. The minimum absolute atomic E-state index is 0.161. The number of hydrogen-bond donors (Lipinski definition) is 1. The fourth-order valence-electron chi connectivity index (χ4n) is 2.10. The second kappa shape index (κ2) is 7.71. The Hall–Kier alpha value is -2.32. The van der Waals surface area contributed by atoms with Gasteiger partial charge in [-0.25, -0.2) is 0 Å². The number of thioether (sulfide) groups is 1. The van der Waals surface area contributed by atoms with Crippen LogP contribution in [0.4, 0.5) is 5.69 Å². The summed E-state index contributed by atoms with van der Waals surface area (Å²) in [7, 11) is 0. The average Bonchev–Trinajstić information content (AvgIpc) is 3.19. The van der Waals surface area contributed by atoms with Gasteiger partial charge >= 0.3 is 0 Å². The van der Waals surface area contributed by atoms with E-state index in [0.29, 0.717) is 28.4 Å². The van der Waals surface area contributed by atoms with Crippen LogP contribution < -0.4 is 5.32 Å². The molecule has 1 amide bonds. The Balaban J connectivity index is 1.54. The fraction of sp³-hybridized carbons (Fsp3) is 0.250. The summed E-state index contributed by atoms with van der Waals surface area (Å²) in [5.74, 6) is 0.437. The van der Waals surface area contributed by atoms with Gasteiger partial charge in [0.25, 0.3) is 5.22 Å². The Kier molecular flexibility index (Phi) is 5.40. The van der Waals surface area contributed by atoms with Crippen LogP contribution in [-0.4, -0.2) is 31.6 Å². The van der Waals surface area contributed by atoms with Gasteiger partial charge in [0.05, 0.1) is 5.75 Å². The van der Waals surface area contributed by atoms with Crippen molar-refractivity contribution >= 4 is 35.0 Å². The number of halogens is 1. The van der Waals surface area contributed by atoms with E-state index in [1.807, 2.05) is 26.0 Å². The Morgan fingerprint density at radius 3 is 2.92 bits per heavy atom. The van der Waals surface area contributed by atoms with E-state index in [9.17, 15) is 4.79 Å². The van der Waals surface area contributed by atoms with E-state index in [4.69, 9.17) is 16.0 Å². The van der Waals surface area contributed by atoms with Gasteiger partial charge in [-0.3, -0.25) is 9.48 Å². The summed E-state index contributed by atoms with van der Waals surface area (Å²) in [5.41, 5.74) is 2.64. The van der Waals surface area contributed by atoms with E-state index in [-0.39, 0.29) is 11.7 Å². The second-order valence-electron chi connectivity index (χ2n) is 5.39. The highest BCUT2D eigenvalue weighted by molar-refractivity contribution is 7.99. The minimum atomic E-state index is -0.168. The van der Waals surface area contributed by atoms with Crippen LogP contribution in [0.2, 0.25) is 5.02 Å². The maximum atomic E-state index is 12.1. The SMILES string of the molecule is Cc1ccc(Cl)cc1NC(=O)CSc1nnc(Cn2nccc2C)o1. The first-order valence-corrected chi connectivity index (χ1v) is 8.87. The molecule has 0 radical (unpaired) electrons. The topological polar surface area (TPSA) is 85.8 Å². The molecule has 0 saturated carbocycles. The van der Waals surface area contributed by atoms with Gasteiger partial charge in [0.1, 0.15) is 6.54 Å². The molecule has 3 aromatic rings. The molecule has 7 nitrogen and oxygen atoms in total. The number of amides is 1. The molecule has 1 N–H and O–H groups in total. The number of carbonyl (C=O) groups is 1. The molecule has 0 atom stereocenters. The maximum absolute atomic E-state index is 12.1. The van der Waals surface area contributed by atoms with Gasteiger partial charge in [-0.2, -0.15) is 5.10 Å². The second-order valence-corrected chi connectivity index (χ2v) is 6.75. The van der Waals surface area contributed by atoms with Crippen molar-refractivity contribution in [3.8, 4) is 0 Å². The van der Waals surface area contributed by atoms with Crippen LogP contribution in [0.5, 0.6) is 0 Å². The molecular formula is C16H16ClN5O2S. The van der Waals surface area contributed by atoms with Crippen molar-refractivity contribution in [2.45, 2.75) is 25.6 Å². The van der Waals surface area contributed by atoms with Gasteiger partial charge in [-0.05, 0) is 37.6 Å². The molecule has 2 heterocycles. The summed E-state index contributed by atoms with van der Waals surface area (Å²) in [4.78, 5) is 12.1. The number of aromatic nitrogens is 4. The number of carbonyl (C=O) groups excluding carboxylic acids is 1. The third kappa shape index (κ3) is 4.61. The average molecular weight is 378 g/mol. The standard InChI is InChI=1S/C16H16ClN5O2S/c1-10-3-4-12(17)7-13(10)19-14(23)9-25-16-21-20-15(24-16)8-22-11(2)5-6-18-22/h3-7H,8-9H2,1-2H3,(H,19,23). The van der Waals surface area contributed by atoms with Crippen molar-refractivity contribution in [2.24, 2.45) is 0 Å². The van der Waals surface area contributed by atoms with Gasteiger partial charge < -0.3 is 9.73 Å². The van der Waals surface area contributed by atoms with E-state index in [1.165, 1.54) is 11.8 Å². The molecule has 0 fully saturated rings. The van der Waals surface area contributed by atoms with Gasteiger partial charge in [-0.1, -0.05) is 29.4 Å². The number of benzene rings is 1. The number of aryl methyl sites for hydroxylation is 2. The van der Waals surface area contributed by atoms with E-state index in [1.54, 1.807) is 23.0 Å². The zero-order valence-corrected chi connectivity index (χ0v) is 15.3. The lowest BCUT2D eigenvalue weighted by Crippen LogP contribution is -2.14. The van der Waals surface area contributed by atoms with Crippen LogP contribution in [0.3, 0.4) is 0 Å². The Bertz CT molecular complexity index is 892. The molecular weight excluding hydrogens is 362 g/mol. The van der Waals surface area contributed by atoms with E-state index < -0.39 is 0 Å². The molecule has 130 valence electrons. The van der Waals surface area contributed by atoms with Crippen LogP contribution in [0.15, 0.2) is 40.1 Å². The number of hydrogen-bond acceptors (Lipinski definition) is 6. The molecule has 0 bridgehead atoms. The van der Waals surface area contributed by atoms with Gasteiger partial charge in [0, 0.05) is 22.6 Å². The van der Waals surface area contributed by atoms with E-state index >= 15 is 0 Å². The Morgan fingerprint density at radius 2 is 2.16 bits per heavy atom. The summed E-state index contributed by atoms with van der Waals surface area (Å²) in [6.45, 7) is 4.25. The van der Waals surface area contributed by atoms with E-state index in [0.717, 1.165) is 11.3 Å². The minimum Gasteiger partial charge on any atom is -0.414 e. The molecule has 0 aliphatic heterocycles. The van der Waals surface area contributed by atoms with Crippen molar-refractivity contribution < 1.29 is 9.21 Å². The van der Waals surface area contributed by atoms with E-state index in [2.05, 4.69) is 20.6 Å². The first-order valence-electron chi connectivity index (χ1n) is 7.51. The quantitative estimate of drug-likeness (QED) is 0.663. The molecule has 1 aromatic carbocycles. The van der Waals surface area contributed by atoms with Crippen LogP contribution in [0.1, 0.15) is 17.1 Å². The number of anilines is 1. The molecule has 2 aromatic heterocycles. The summed E-state index contributed by atoms with van der Waals surface area (Å²) in [6.07, 6.45) is 1.71. The van der Waals surface area contributed by atoms with Crippen molar-refractivity contribution in [1.82, 2.24) is 20.0 Å². The molecule has 0 aliphatic rings. The smallest absolute Gasteiger partial charge is 0.277 e. The van der Waals surface area contributed by atoms with Crippen LogP contribution in [0, 0.1) is 13.8 Å². The maximum Gasteiger partial charge on any atom is 0.277 e. The van der Waals surface area contributed by atoms with Crippen molar-refractivity contribution in [3.05, 3.63) is 52.6 Å². The van der Waals surface area contributed by atoms with Crippen LogP contribution in [-0.2, 0) is 11.3 Å². The Labute approximate surface area is 153 Å². The van der Waals surface area contributed by atoms with Crippen LogP contribution >= 0.6 is 23.4 Å². The fourth-order valence-corrected chi connectivity index (χ4v) is 2.85. The third-order valence-electron chi connectivity index (χ3n) is 3.46. The Morgan fingerprint density at radius 1 is 1.32 bits per heavy atom. The highest BCUT2D eigenvalue weighted by Gasteiger charge is 2.12. The van der Waals surface area contributed by atoms with Crippen LogP contribution in [0.25, 0.3) is 0 Å². The molecule has 0 spiro atoms. The zero-order valence-electron chi connectivity index (χ0n) is 13.7. The van der Waals surface area contributed by atoms with Gasteiger partial charge in [0.2, 0.25) is 11.8 Å². The van der Waals surface area contributed by atoms with Gasteiger partial charge in [0.15, 0.2) is 0 Å². The molecule has 3 rings (SSSR count). The highest BCUT2D eigenvalue weighted by Crippen LogP contribution is 2.21. The molecule has 0 saturated heterocycles. The van der Waals surface area contributed by atoms with Gasteiger partial charge in [-0.15, -0.1) is 10.2 Å². The monoisotopic (exact) mass is 377 g/mol. The first kappa shape index (κ1) is 17.5. The summed E-state index contributed by atoms with van der Waals surface area (Å²) >= 11 is 7.13. The van der Waals surface area contributed by atoms with Crippen molar-refractivity contribution in [2.75, 3.05) is 11.1 Å². The van der Waals surface area contributed by atoms with Crippen molar-refractivity contribution in [1.29, 1.82) is 0 Å². The lowest BCUT2D eigenvalue weighted by Gasteiger charge is -2.07. The third-order valence-corrected chi connectivity index (χ3v) is 4.52. The summed E-state index contributed by atoms with van der Waals surface area (Å²) in [5, 5.41) is 15.8. The molecule has 0 unspecified atom stereocenters. The number of rotatable bonds is 6. The lowest BCUT2D eigenvalue weighted by molar-refractivity contribution is -0.113.